The third-order valence-electron chi connectivity index (χ3n) is 5.57. The number of carbonyl (C=O) groups is 2. The molecule has 0 saturated carbocycles. The maximum atomic E-state index is 15.0. The molecule has 1 fully saturated rings. The number of nitrogens with zero attached hydrogens (tertiary/aromatic N) is 3. The summed E-state index contributed by atoms with van der Waals surface area (Å²) in [5.41, 5.74) is 1.76. The van der Waals surface area contributed by atoms with Gasteiger partial charge in [0.15, 0.2) is 0 Å². The lowest BCUT2D eigenvalue weighted by molar-refractivity contribution is -0.0431. The van der Waals surface area contributed by atoms with E-state index >= 15 is 0 Å². The van der Waals surface area contributed by atoms with Crippen LogP contribution >= 0.6 is 0 Å². The molecule has 9 heteroatoms. The second-order valence-corrected chi connectivity index (χ2v) is 9.36. The lowest BCUT2D eigenvalue weighted by Crippen LogP contribution is -2.44. The van der Waals surface area contributed by atoms with Gasteiger partial charge in [0.1, 0.15) is 23.2 Å². The Hall–Kier alpha value is -3.72. The van der Waals surface area contributed by atoms with E-state index in [9.17, 15) is 14.0 Å². The zero-order valence-corrected chi connectivity index (χ0v) is 20.2. The number of rotatable bonds is 4. The standard InChI is InChI=1S/C26H29FN4O4/c1-17-8-5-6-11-20(17)31-21(12-13-28-31)24(32)29-23-18(9-7-10-19(23)27)22-16-30(14-15-34-22)25(33)35-26(2,3)4/h5-13,22H,14-16H2,1-4H3,(H,29,32)/t22-/m0/s1. The lowest BCUT2D eigenvalue weighted by Gasteiger charge is -2.35. The van der Waals surface area contributed by atoms with E-state index in [1.807, 2.05) is 31.2 Å². The fraction of sp³-hybridized carbons (Fsp3) is 0.346. The zero-order chi connectivity index (χ0) is 25.2. The van der Waals surface area contributed by atoms with Gasteiger partial charge in [-0.1, -0.05) is 30.3 Å². The first-order valence-corrected chi connectivity index (χ1v) is 11.4. The van der Waals surface area contributed by atoms with Gasteiger partial charge in [-0.05, 0) is 51.5 Å². The highest BCUT2D eigenvalue weighted by molar-refractivity contribution is 6.04. The van der Waals surface area contributed by atoms with E-state index in [2.05, 4.69) is 10.4 Å². The SMILES string of the molecule is Cc1ccccc1-n1nccc1C(=O)Nc1c(F)cccc1[C@@H]1CN(C(=O)OC(C)(C)C)CCO1. The molecular weight excluding hydrogens is 451 g/mol. The van der Waals surface area contributed by atoms with E-state index in [-0.39, 0.29) is 24.5 Å². The quantitative estimate of drug-likeness (QED) is 0.575. The number of anilines is 1. The molecule has 2 aromatic carbocycles. The third-order valence-corrected chi connectivity index (χ3v) is 5.57. The van der Waals surface area contributed by atoms with E-state index in [1.165, 1.54) is 21.8 Å². The number of carbonyl (C=O) groups excluding carboxylic acids is 2. The van der Waals surface area contributed by atoms with Crippen molar-refractivity contribution in [3.8, 4) is 5.69 Å². The summed E-state index contributed by atoms with van der Waals surface area (Å²) in [6.45, 7) is 8.10. The summed E-state index contributed by atoms with van der Waals surface area (Å²) in [7, 11) is 0. The number of hydrogen-bond donors (Lipinski definition) is 1. The molecule has 2 heterocycles. The van der Waals surface area contributed by atoms with Crippen LogP contribution < -0.4 is 5.32 Å². The number of para-hydroxylation sites is 2. The molecule has 4 rings (SSSR count). The van der Waals surface area contributed by atoms with Gasteiger partial charge in [0.05, 0.1) is 30.7 Å². The van der Waals surface area contributed by atoms with Crippen molar-refractivity contribution in [1.82, 2.24) is 14.7 Å². The highest BCUT2D eigenvalue weighted by Gasteiger charge is 2.31. The smallest absolute Gasteiger partial charge is 0.410 e. The van der Waals surface area contributed by atoms with Crippen molar-refractivity contribution in [3.63, 3.8) is 0 Å². The van der Waals surface area contributed by atoms with Crippen LogP contribution in [0, 0.1) is 12.7 Å². The van der Waals surface area contributed by atoms with Gasteiger partial charge in [-0.15, -0.1) is 0 Å². The number of nitrogens with one attached hydrogen (secondary N) is 1. The first-order chi connectivity index (χ1) is 16.6. The molecular formula is C26H29FN4O4. The molecule has 1 saturated heterocycles. The number of amides is 2. The molecule has 1 aromatic heterocycles. The molecule has 35 heavy (non-hydrogen) atoms. The Morgan fingerprint density at radius 3 is 2.66 bits per heavy atom. The molecule has 0 bridgehead atoms. The average molecular weight is 481 g/mol. The van der Waals surface area contributed by atoms with Crippen LogP contribution in [0.5, 0.6) is 0 Å². The fourth-order valence-electron chi connectivity index (χ4n) is 3.92. The summed E-state index contributed by atoms with van der Waals surface area (Å²) < 4.78 is 27.8. The summed E-state index contributed by atoms with van der Waals surface area (Å²) in [5.74, 6) is -1.12. The van der Waals surface area contributed by atoms with Crippen molar-refractivity contribution in [2.75, 3.05) is 25.0 Å². The Kier molecular flexibility index (Phi) is 6.88. The molecule has 0 radical (unpaired) electrons. The molecule has 1 aliphatic heterocycles. The second-order valence-electron chi connectivity index (χ2n) is 9.36. The first kappa shape index (κ1) is 24.4. The van der Waals surface area contributed by atoms with Gasteiger partial charge in [-0.2, -0.15) is 5.10 Å². The minimum Gasteiger partial charge on any atom is -0.444 e. The number of aryl methyl sites for hydroxylation is 1. The first-order valence-electron chi connectivity index (χ1n) is 11.4. The zero-order valence-electron chi connectivity index (χ0n) is 20.2. The second kappa shape index (κ2) is 9.87. The van der Waals surface area contributed by atoms with E-state index in [0.717, 1.165) is 11.3 Å². The predicted octanol–water partition coefficient (Wildman–Crippen LogP) is 4.88. The summed E-state index contributed by atoms with van der Waals surface area (Å²) >= 11 is 0. The highest BCUT2D eigenvalue weighted by Crippen LogP contribution is 2.32. The summed E-state index contributed by atoms with van der Waals surface area (Å²) in [5, 5.41) is 6.98. The van der Waals surface area contributed by atoms with Crippen molar-refractivity contribution in [2.24, 2.45) is 0 Å². The molecule has 184 valence electrons. The third kappa shape index (κ3) is 5.51. The molecule has 1 atom stereocenters. The lowest BCUT2D eigenvalue weighted by atomic mass is 10.0. The fourth-order valence-corrected chi connectivity index (χ4v) is 3.92. The number of halogens is 1. The Labute approximate surface area is 203 Å². The van der Waals surface area contributed by atoms with Crippen molar-refractivity contribution in [2.45, 2.75) is 39.4 Å². The molecule has 0 unspecified atom stereocenters. The molecule has 0 spiro atoms. The van der Waals surface area contributed by atoms with E-state index in [1.54, 1.807) is 39.0 Å². The topological polar surface area (TPSA) is 85.7 Å². The monoisotopic (exact) mass is 480 g/mol. The van der Waals surface area contributed by atoms with Gasteiger partial charge in [0, 0.05) is 12.1 Å². The summed E-state index contributed by atoms with van der Waals surface area (Å²) in [4.78, 5) is 27.3. The van der Waals surface area contributed by atoms with Gasteiger partial charge in [-0.3, -0.25) is 4.79 Å². The number of ether oxygens (including phenoxy) is 2. The largest absolute Gasteiger partial charge is 0.444 e. The van der Waals surface area contributed by atoms with Crippen molar-refractivity contribution in [3.05, 3.63) is 77.4 Å². The van der Waals surface area contributed by atoms with Crippen molar-refractivity contribution < 1.29 is 23.5 Å². The van der Waals surface area contributed by atoms with Crippen molar-refractivity contribution >= 4 is 17.7 Å². The number of aromatic nitrogens is 2. The van der Waals surface area contributed by atoms with Crippen LogP contribution in [0.1, 0.15) is 48.5 Å². The highest BCUT2D eigenvalue weighted by atomic mass is 19.1. The van der Waals surface area contributed by atoms with Gasteiger partial charge in [-0.25, -0.2) is 13.9 Å². The van der Waals surface area contributed by atoms with Gasteiger partial charge >= 0.3 is 6.09 Å². The van der Waals surface area contributed by atoms with Crippen LogP contribution in [0.15, 0.2) is 54.7 Å². The number of benzene rings is 2. The molecule has 8 nitrogen and oxygen atoms in total. The molecule has 1 N–H and O–H groups in total. The number of hydrogen-bond acceptors (Lipinski definition) is 5. The summed E-state index contributed by atoms with van der Waals surface area (Å²) in [6, 6.07) is 13.6. The van der Waals surface area contributed by atoms with E-state index in [4.69, 9.17) is 9.47 Å². The van der Waals surface area contributed by atoms with E-state index < -0.39 is 29.5 Å². The van der Waals surface area contributed by atoms with Crippen LogP contribution in [0.4, 0.5) is 14.9 Å². The Morgan fingerprint density at radius 1 is 1.14 bits per heavy atom. The van der Waals surface area contributed by atoms with Crippen LogP contribution in [0.2, 0.25) is 0 Å². The van der Waals surface area contributed by atoms with Crippen LogP contribution in [-0.2, 0) is 9.47 Å². The normalized spacial score (nSPS) is 16.1. The molecule has 2 amide bonds. The predicted molar refractivity (Wildman–Crippen MR) is 129 cm³/mol. The van der Waals surface area contributed by atoms with Crippen molar-refractivity contribution in [1.29, 1.82) is 0 Å². The van der Waals surface area contributed by atoms with E-state index in [0.29, 0.717) is 12.1 Å². The van der Waals surface area contributed by atoms with Gasteiger partial charge < -0.3 is 19.7 Å². The maximum absolute atomic E-state index is 15.0. The van der Waals surface area contributed by atoms with Gasteiger partial charge in [0.2, 0.25) is 0 Å². The van der Waals surface area contributed by atoms with Crippen LogP contribution in [0.25, 0.3) is 5.69 Å². The minimum atomic E-state index is -0.636. The Morgan fingerprint density at radius 2 is 1.91 bits per heavy atom. The Bertz CT molecular complexity index is 1230. The molecule has 0 aliphatic carbocycles. The number of morpholine rings is 1. The van der Waals surface area contributed by atoms with Gasteiger partial charge in [0.25, 0.3) is 5.91 Å². The molecule has 3 aromatic rings. The summed E-state index contributed by atoms with van der Waals surface area (Å²) in [6.07, 6.45) is 0.422. The minimum absolute atomic E-state index is 0.00562. The average Bonchev–Trinajstić information content (AvgIpc) is 3.29. The van der Waals surface area contributed by atoms with Crippen LogP contribution in [0.3, 0.4) is 0 Å². The Balaban J connectivity index is 1.59. The maximum Gasteiger partial charge on any atom is 0.410 e. The van der Waals surface area contributed by atoms with Crippen LogP contribution in [-0.4, -0.2) is 52.0 Å². The molecule has 1 aliphatic rings.